The first-order valence-electron chi connectivity index (χ1n) is 5.65. The van der Waals surface area contributed by atoms with Gasteiger partial charge in [0, 0.05) is 6.04 Å². The second-order valence-corrected chi connectivity index (χ2v) is 3.93. The lowest BCUT2D eigenvalue weighted by atomic mass is 9.99. The van der Waals surface area contributed by atoms with Gasteiger partial charge in [0.1, 0.15) is 0 Å². The van der Waals surface area contributed by atoms with Gasteiger partial charge in [-0.1, -0.05) is 13.8 Å². The summed E-state index contributed by atoms with van der Waals surface area (Å²) < 4.78 is 0. The van der Waals surface area contributed by atoms with Crippen molar-refractivity contribution in [2.45, 2.75) is 39.7 Å². The molecule has 0 saturated heterocycles. The van der Waals surface area contributed by atoms with Gasteiger partial charge in [-0.2, -0.15) is 0 Å². The number of hydrogen-bond donors (Lipinski definition) is 2. The van der Waals surface area contributed by atoms with Crippen LogP contribution >= 0.6 is 0 Å². The highest BCUT2D eigenvalue weighted by Gasteiger charge is 2.34. The van der Waals surface area contributed by atoms with Crippen molar-refractivity contribution in [1.82, 2.24) is 4.90 Å². The molecule has 0 fully saturated rings. The number of hydrogen-bond acceptors (Lipinski definition) is 3. The predicted octanol–water partition coefficient (Wildman–Crippen LogP) is 1.28. The lowest BCUT2D eigenvalue weighted by molar-refractivity contribution is -0.157. The number of rotatable bonds is 8. The number of aliphatic carboxylic acids is 2. The van der Waals surface area contributed by atoms with Crippen LogP contribution in [0.15, 0.2) is 0 Å². The Kier molecular flexibility index (Phi) is 6.72. The van der Waals surface area contributed by atoms with Crippen LogP contribution in [0.1, 0.15) is 33.6 Å². The van der Waals surface area contributed by atoms with Crippen LogP contribution in [-0.2, 0) is 9.59 Å². The standard InChI is InChI=1S/C11H21NO4/c1-4-6-12(7-5-2)8(3)9(10(13)14)11(15)16/h8-9H,4-7H2,1-3H3,(H,13,14)(H,15,16). The maximum atomic E-state index is 10.9. The van der Waals surface area contributed by atoms with E-state index in [0.29, 0.717) is 0 Å². The summed E-state index contributed by atoms with van der Waals surface area (Å²) in [6.07, 6.45) is 1.77. The summed E-state index contributed by atoms with van der Waals surface area (Å²) in [6.45, 7) is 7.11. The maximum absolute atomic E-state index is 10.9. The Morgan fingerprint density at radius 2 is 1.44 bits per heavy atom. The predicted molar refractivity (Wildman–Crippen MR) is 60.4 cm³/mol. The first-order chi connectivity index (χ1) is 7.45. The van der Waals surface area contributed by atoms with Crippen molar-refractivity contribution < 1.29 is 19.8 Å². The van der Waals surface area contributed by atoms with Gasteiger partial charge in [-0.3, -0.25) is 14.5 Å². The molecule has 0 aromatic carbocycles. The highest BCUT2D eigenvalue weighted by Crippen LogP contribution is 2.13. The van der Waals surface area contributed by atoms with Crippen LogP contribution in [0.25, 0.3) is 0 Å². The van der Waals surface area contributed by atoms with Gasteiger partial charge in [-0.25, -0.2) is 0 Å². The van der Waals surface area contributed by atoms with Crippen LogP contribution in [0.5, 0.6) is 0 Å². The molecule has 0 spiro atoms. The second kappa shape index (κ2) is 7.22. The zero-order valence-corrected chi connectivity index (χ0v) is 10.1. The van der Waals surface area contributed by atoms with Crippen molar-refractivity contribution in [3.8, 4) is 0 Å². The zero-order chi connectivity index (χ0) is 12.7. The fourth-order valence-electron chi connectivity index (χ4n) is 1.82. The molecular weight excluding hydrogens is 210 g/mol. The lowest BCUT2D eigenvalue weighted by Crippen LogP contribution is -2.45. The van der Waals surface area contributed by atoms with Gasteiger partial charge >= 0.3 is 11.9 Å². The Labute approximate surface area is 96.1 Å². The topological polar surface area (TPSA) is 77.8 Å². The third kappa shape index (κ3) is 4.18. The van der Waals surface area contributed by atoms with Gasteiger partial charge in [0.2, 0.25) is 0 Å². The van der Waals surface area contributed by atoms with Gasteiger partial charge in [0.25, 0.3) is 0 Å². The Morgan fingerprint density at radius 3 is 1.69 bits per heavy atom. The highest BCUT2D eigenvalue weighted by molar-refractivity contribution is 5.93. The van der Waals surface area contributed by atoms with Gasteiger partial charge in [-0.15, -0.1) is 0 Å². The van der Waals surface area contributed by atoms with Crippen LogP contribution in [0.3, 0.4) is 0 Å². The molecular formula is C11H21NO4. The van der Waals surface area contributed by atoms with E-state index >= 15 is 0 Å². The Hall–Kier alpha value is -1.10. The van der Waals surface area contributed by atoms with E-state index in [1.54, 1.807) is 6.92 Å². The molecule has 2 N–H and O–H groups in total. The van der Waals surface area contributed by atoms with Crippen LogP contribution in [0.4, 0.5) is 0 Å². The molecule has 0 aromatic heterocycles. The van der Waals surface area contributed by atoms with E-state index in [1.807, 2.05) is 18.7 Å². The fraction of sp³-hybridized carbons (Fsp3) is 0.818. The minimum absolute atomic E-state index is 0.477. The minimum Gasteiger partial charge on any atom is -0.481 e. The molecule has 0 amide bonds. The molecule has 94 valence electrons. The van der Waals surface area contributed by atoms with Crippen LogP contribution in [0, 0.1) is 5.92 Å². The van der Waals surface area contributed by atoms with Crippen LogP contribution < -0.4 is 0 Å². The fourth-order valence-corrected chi connectivity index (χ4v) is 1.82. The van der Waals surface area contributed by atoms with Gasteiger partial charge in [-0.05, 0) is 32.9 Å². The Bertz CT molecular complexity index is 222. The molecule has 0 aliphatic carbocycles. The largest absolute Gasteiger partial charge is 0.481 e. The molecule has 5 nitrogen and oxygen atoms in total. The van der Waals surface area contributed by atoms with E-state index in [2.05, 4.69) is 0 Å². The SMILES string of the molecule is CCCN(CCC)C(C)C(C(=O)O)C(=O)O. The molecule has 0 saturated carbocycles. The van der Waals surface area contributed by atoms with E-state index in [4.69, 9.17) is 10.2 Å². The molecule has 0 radical (unpaired) electrons. The smallest absolute Gasteiger partial charge is 0.319 e. The van der Waals surface area contributed by atoms with E-state index in [9.17, 15) is 9.59 Å². The lowest BCUT2D eigenvalue weighted by Gasteiger charge is -2.30. The maximum Gasteiger partial charge on any atom is 0.319 e. The summed E-state index contributed by atoms with van der Waals surface area (Å²) in [5, 5.41) is 17.8. The van der Waals surface area contributed by atoms with Crippen molar-refractivity contribution >= 4 is 11.9 Å². The summed E-state index contributed by atoms with van der Waals surface area (Å²) in [6, 6.07) is -0.477. The summed E-state index contributed by atoms with van der Waals surface area (Å²) in [4.78, 5) is 23.7. The normalized spacial score (nSPS) is 13.1. The molecule has 0 bridgehead atoms. The summed E-state index contributed by atoms with van der Waals surface area (Å²) in [5.41, 5.74) is 0. The quantitative estimate of drug-likeness (QED) is 0.615. The van der Waals surface area contributed by atoms with E-state index in [0.717, 1.165) is 25.9 Å². The third-order valence-electron chi connectivity index (χ3n) is 2.61. The molecule has 0 aliphatic heterocycles. The van der Waals surface area contributed by atoms with Crippen LogP contribution in [0.2, 0.25) is 0 Å². The molecule has 0 heterocycles. The summed E-state index contributed by atoms with van der Waals surface area (Å²) >= 11 is 0. The molecule has 0 aliphatic rings. The van der Waals surface area contributed by atoms with Crippen LogP contribution in [-0.4, -0.2) is 46.2 Å². The molecule has 5 heteroatoms. The van der Waals surface area contributed by atoms with Gasteiger partial charge in [0.05, 0.1) is 0 Å². The van der Waals surface area contributed by atoms with E-state index in [1.165, 1.54) is 0 Å². The van der Waals surface area contributed by atoms with Crippen molar-refractivity contribution in [2.24, 2.45) is 5.92 Å². The van der Waals surface area contributed by atoms with Gasteiger partial charge in [0.15, 0.2) is 5.92 Å². The average Bonchev–Trinajstić information content (AvgIpc) is 2.16. The number of carboxylic acid groups (broad SMARTS) is 2. The number of carboxylic acids is 2. The van der Waals surface area contributed by atoms with E-state index in [-0.39, 0.29) is 0 Å². The number of nitrogens with zero attached hydrogens (tertiary/aromatic N) is 1. The van der Waals surface area contributed by atoms with Crippen molar-refractivity contribution in [1.29, 1.82) is 0 Å². The first-order valence-corrected chi connectivity index (χ1v) is 5.65. The highest BCUT2D eigenvalue weighted by atomic mass is 16.4. The summed E-state index contributed by atoms with van der Waals surface area (Å²) in [5.74, 6) is -3.88. The minimum atomic E-state index is -1.35. The number of carbonyl (C=O) groups is 2. The molecule has 0 aromatic rings. The molecule has 0 rings (SSSR count). The van der Waals surface area contributed by atoms with Gasteiger partial charge < -0.3 is 10.2 Å². The molecule has 16 heavy (non-hydrogen) atoms. The van der Waals surface area contributed by atoms with Crippen molar-refractivity contribution in [3.05, 3.63) is 0 Å². The van der Waals surface area contributed by atoms with Crippen molar-refractivity contribution in [2.75, 3.05) is 13.1 Å². The molecule has 1 atom stereocenters. The average molecular weight is 231 g/mol. The first kappa shape index (κ1) is 14.9. The third-order valence-corrected chi connectivity index (χ3v) is 2.61. The second-order valence-electron chi connectivity index (χ2n) is 3.93. The monoisotopic (exact) mass is 231 g/mol. The zero-order valence-electron chi connectivity index (χ0n) is 10.1. The Balaban J connectivity index is 4.71. The summed E-state index contributed by atoms with van der Waals surface area (Å²) in [7, 11) is 0. The van der Waals surface area contributed by atoms with Crippen molar-refractivity contribution in [3.63, 3.8) is 0 Å². The molecule has 1 unspecified atom stereocenters. The Morgan fingerprint density at radius 1 is 1.06 bits per heavy atom. The van der Waals surface area contributed by atoms with E-state index < -0.39 is 23.9 Å².